The highest BCUT2D eigenvalue weighted by Gasteiger charge is 2.36. The first-order valence-electron chi connectivity index (χ1n) is 10.7. The van der Waals surface area contributed by atoms with E-state index in [1.807, 2.05) is 0 Å². The number of aromatic nitrogens is 1. The van der Waals surface area contributed by atoms with Crippen molar-refractivity contribution in [2.24, 2.45) is 5.92 Å². The Morgan fingerprint density at radius 3 is 2.56 bits per heavy atom. The number of aryl methyl sites for hydroxylation is 1. The second kappa shape index (κ2) is 9.86. The fourth-order valence-electron chi connectivity index (χ4n) is 3.87. The van der Waals surface area contributed by atoms with Gasteiger partial charge in [0.25, 0.3) is 0 Å². The van der Waals surface area contributed by atoms with Crippen LogP contribution in [0.2, 0.25) is 0 Å². The maximum atomic E-state index is 13.9. The molecule has 1 N–H and O–H groups in total. The molecule has 1 aromatic heterocycles. The van der Waals surface area contributed by atoms with E-state index in [2.05, 4.69) is 10.5 Å². The molecule has 0 atom stereocenters. The van der Waals surface area contributed by atoms with Crippen LogP contribution in [-0.4, -0.2) is 36.9 Å². The summed E-state index contributed by atoms with van der Waals surface area (Å²) in [4.78, 5) is 12.5. The molecular weight excluding hydrogens is 464 g/mol. The highest BCUT2D eigenvalue weighted by Crippen LogP contribution is 2.30. The average Bonchev–Trinajstić information content (AvgIpc) is 3.19. The molecule has 0 spiro atoms. The van der Waals surface area contributed by atoms with Crippen LogP contribution in [0.5, 0.6) is 0 Å². The van der Waals surface area contributed by atoms with E-state index < -0.39 is 27.6 Å². The Balaban J connectivity index is 1.46. The van der Waals surface area contributed by atoms with Crippen LogP contribution in [0, 0.1) is 24.5 Å². The Bertz CT molecular complexity index is 1330. The van der Waals surface area contributed by atoms with E-state index in [1.165, 1.54) is 47.6 Å². The Morgan fingerprint density at radius 2 is 1.85 bits per heavy atom. The first kappa shape index (κ1) is 23.8. The molecule has 0 unspecified atom stereocenters. The lowest BCUT2D eigenvalue weighted by Gasteiger charge is -2.30. The summed E-state index contributed by atoms with van der Waals surface area (Å²) in [5, 5.41) is 6.47. The third-order valence-electron chi connectivity index (χ3n) is 5.67. The van der Waals surface area contributed by atoms with Crippen molar-refractivity contribution in [2.45, 2.75) is 24.7 Å². The molecule has 4 rings (SSSR count). The molecule has 0 saturated carbocycles. The molecule has 0 aliphatic carbocycles. The smallest absolute Gasteiger partial charge is 0.248 e. The van der Waals surface area contributed by atoms with Gasteiger partial charge in [-0.15, -0.1) is 0 Å². The molecule has 0 bridgehead atoms. The summed E-state index contributed by atoms with van der Waals surface area (Å²) < 4.78 is 60.5. The molecular formula is C24H23F2N3O4S. The second-order valence-electron chi connectivity index (χ2n) is 7.99. The normalized spacial score (nSPS) is 15.6. The third kappa shape index (κ3) is 5.07. The van der Waals surface area contributed by atoms with Gasteiger partial charge < -0.3 is 9.84 Å². The summed E-state index contributed by atoms with van der Waals surface area (Å²) in [6, 6.07) is 11.7. The summed E-state index contributed by atoms with van der Waals surface area (Å²) in [5.74, 6) is -1.58. The molecule has 2 heterocycles. The van der Waals surface area contributed by atoms with Gasteiger partial charge in [-0.3, -0.25) is 4.79 Å². The maximum Gasteiger partial charge on any atom is 0.248 e. The Morgan fingerprint density at radius 1 is 1.12 bits per heavy atom. The minimum absolute atomic E-state index is 0.00623. The van der Waals surface area contributed by atoms with E-state index in [1.54, 1.807) is 24.3 Å². The number of hydrogen-bond acceptors (Lipinski definition) is 5. The third-order valence-corrected chi connectivity index (χ3v) is 7.73. The number of anilines is 1. The number of nitrogens with zero attached hydrogens (tertiary/aromatic N) is 2. The van der Waals surface area contributed by atoms with Crippen molar-refractivity contribution >= 4 is 33.8 Å². The molecule has 1 aliphatic heterocycles. The van der Waals surface area contributed by atoms with Crippen LogP contribution in [0.4, 0.5) is 14.5 Å². The van der Waals surface area contributed by atoms with Crippen LogP contribution in [0.15, 0.2) is 57.9 Å². The van der Waals surface area contributed by atoms with E-state index in [-0.39, 0.29) is 40.9 Å². The maximum absolute atomic E-state index is 13.9. The highest BCUT2D eigenvalue weighted by atomic mass is 32.2. The van der Waals surface area contributed by atoms with Crippen molar-refractivity contribution in [1.29, 1.82) is 0 Å². The standard InChI is InChI=1S/C24H23F2N3O4S/c1-16-23(22(33-28-16)10-9-17-5-2-3-8-21(17)26)34(31,32)29-13-11-18(12-14-29)24(30)27-20-7-4-6-19(25)15-20/h2-10,15,18H,11-14H2,1H3,(H,27,30)/b10-9+. The van der Waals surface area contributed by atoms with Gasteiger partial charge >= 0.3 is 0 Å². The molecule has 7 nitrogen and oxygen atoms in total. The van der Waals surface area contributed by atoms with Gasteiger partial charge in [0, 0.05) is 30.3 Å². The van der Waals surface area contributed by atoms with Crippen LogP contribution in [-0.2, 0) is 14.8 Å². The summed E-state index contributed by atoms with van der Waals surface area (Å²) in [6.07, 6.45) is 3.43. The predicted octanol–water partition coefficient (Wildman–Crippen LogP) is 4.47. The number of sulfonamides is 1. The van der Waals surface area contributed by atoms with Crippen LogP contribution >= 0.6 is 0 Å². The number of rotatable bonds is 6. The number of benzene rings is 2. The van der Waals surface area contributed by atoms with Crippen molar-refractivity contribution in [3.8, 4) is 0 Å². The first-order valence-corrected chi connectivity index (χ1v) is 12.1. The number of halogens is 2. The van der Waals surface area contributed by atoms with Crippen molar-refractivity contribution < 1.29 is 26.5 Å². The zero-order valence-corrected chi connectivity index (χ0v) is 19.2. The molecule has 3 aromatic rings. The van der Waals surface area contributed by atoms with E-state index in [9.17, 15) is 22.0 Å². The van der Waals surface area contributed by atoms with Gasteiger partial charge in [0.05, 0.1) is 0 Å². The van der Waals surface area contributed by atoms with Gasteiger partial charge in [-0.25, -0.2) is 17.2 Å². The molecule has 0 radical (unpaired) electrons. The molecule has 178 valence electrons. The molecule has 1 aliphatic rings. The quantitative estimate of drug-likeness (QED) is 0.554. The van der Waals surface area contributed by atoms with E-state index in [0.717, 1.165) is 0 Å². The van der Waals surface area contributed by atoms with Crippen LogP contribution in [0.1, 0.15) is 29.9 Å². The lowest BCUT2D eigenvalue weighted by atomic mass is 9.97. The lowest BCUT2D eigenvalue weighted by Crippen LogP contribution is -2.41. The Kier molecular flexibility index (Phi) is 6.90. The summed E-state index contributed by atoms with van der Waals surface area (Å²) >= 11 is 0. The van der Waals surface area contributed by atoms with Crippen molar-refractivity contribution in [2.75, 3.05) is 18.4 Å². The molecule has 1 amide bonds. The number of hydrogen-bond donors (Lipinski definition) is 1. The summed E-state index contributed by atoms with van der Waals surface area (Å²) in [5.41, 5.74) is 0.829. The number of piperidine rings is 1. The second-order valence-corrected chi connectivity index (χ2v) is 9.87. The number of carbonyl (C=O) groups is 1. The summed E-state index contributed by atoms with van der Waals surface area (Å²) in [7, 11) is -3.96. The summed E-state index contributed by atoms with van der Waals surface area (Å²) in [6.45, 7) is 1.78. The first-order chi connectivity index (χ1) is 16.3. The van der Waals surface area contributed by atoms with E-state index >= 15 is 0 Å². The monoisotopic (exact) mass is 487 g/mol. The van der Waals surface area contributed by atoms with Crippen molar-refractivity contribution in [1.82, 2.24) is 9.46 Å². The zero-order chi connectivity index (χ0) is 24.3. The molecule has 1 saturated heterocycles. The van der Waals surface area contributed by atoms with Crippen LogP contribution in [0.25, 0.3) is 12.2 Å². The number of carbonyl (C=O) groups excluding carboxylic acids is 1. The minimum Gasteiger partial charge on any atom is -0.355 e. The van der Waals surface area contributed by atoms with Gasteiger partial charge in [0.15, 0.2) is 10.7 Å². The van der Waals surface area contributed by atoms with E-state index in [0.29, 0.717) is 18.5 Å². The van der Waals surface area contributed by atoms with Gasteiger partial charge in [0.2, 0.25) is 15.9 Å². The highest BCUT2D eigenvalue weighted by molar-refractivity contribution is 7.89. The fraction of sp³-hybridized carbons (Fsp3) is 0.250. The SMILES string of the molecule is Cc1noc(/C=C/c2ccccc2F)c1S(=O)(=O)N1CCC(C(=O)Nc2cccc(F)c2)CC1. The van der Waals surface area contributed by atoms with Gasteiger partial charge in [0.1, 0.15) is 17.3 Å². The van der Waals surface area contributed by atoms with Crippen LogP contribution in [0.3, 0.4) is 0 Å². The molecule has 10 heteroatoms. The van der Waals surface area contributed by atoms with Crippen LogP contribution < -0.4 is 5.32 Å². The lowest BCUT2D eigenvalue weighted by molar-refractivity contribution is -0.120. The fourth-order valence-corrected chi connectivity index (χ4v) is 5.59. The zero-order valence-electron chi connectivity index (χ0n) is 18.4. The van der Waals surface area contributed by atoms with Crippen molar-refractivity contribution in [3.05, 3.63) is 77.2 Å². The minimum atomic E-state index is -3.96. The van der Waals surface area contributed by atoms with E-state index in [4.69, 9.17) is 4.52 Å². The van der Waals surface area contributed by atoms with Crippen molar-refractivity contribution in [3.63, 3.8) is 0 Å². The number of nitrogens with one attached hydrogen (secondary N) is 1. The van der Waals surface area contributed by atoms with Gasteiger partial charge in [-0.05, 0) is 56.2 Å². The Hall–Kier alpha value is -3.37. The Labute approximate surface area is 196 Å². The largest absolute Gasteiger partial charge is 0.355 e. The average molecular weight is 488 g/mol. The molecule has 2 aromatic carbocycles. The number of amides is 1. The van der Waals surface area contributed by atoms with Gasteiger partial charge in [-0.1, -0.05) is 29.4 Å². The molecule has 1 fully saturated rings. The predicted molar refractivity (Wildman–Crippen MR) is 123 cm³/mol. The molecule has 34 heavy (non-hydrogen) atoms. The topological polar surface area (TPSA) is 92.5 Å². The van der Waals surface area contributed by atoms with Gasteiger partial charge in [-0.2, -0.15) is 4.31 Å².